The molecule has 0 aliphatic carbocycles. The number of methoxy groups -OCH3 is 1. The van der Waals surface area contributed by atoms with Crippen LogP contribution in [0.1, 0.15) is 11.1 Å². The molecule has 3 aromatic carbocycles. The molecule has 154 valence electrons. The maximum Gasteiger partial charge on any atom is 0.183 e. The van der Waals surface area contributed by atoms with E-state index in [1.807, 2.05) is 18.2 Å². The summed E-state index contributed by atoms with van der Waals surface area (Å²) in [6, 6.07) is 27.1. The summed E-state index contributed by atoms with van der Waals surface area (Å²) < 4.78 is 7.78. The fourth-order valence-corrected chi connectivity index (χ4v) is 4.48. The van der Waals surface area contributed by atoms with Crippen molar-refractivity contribution < 1.29 is 4.74 Å². The Kier molecular flexibility index (Phi) is 5.42. The summed E-state index contributed by atoms with van der Waals surface area (Å²) in [6.45, 7) is 1.57. The molecular weight excluding hydrogens is 402 g/mol. The maximum atomic E-state index is 5.49. The Bertz CT molecular complexity index is 1290. The van der Waals surface area contributed by atoms with Gasteiger partial charge in [0.05, 0.1) is 12.8 Å². The number of benzene rings is 3. The number of fused-ring (bicyclic) bond motifs is 1. The molecule has 2 aromatic heterocycles. The Balaban J connectivity index is 1.48. The summed E-state index contributed by atoms with van der Waals surface area (Å²) >= 11 is 1.63. The zero-order valence-corrected chi connectivity index (χ0v) is 18.1. The number of ether oxygens (including phenoxy) is 1. The molecule has 0 saturated heterocycles. The lowest BCUT2D eigenvalue weighted by Gasteiger charge is -2.06. The quantitative estimate of drug-likeness (QED) is 0.326. The minimum atomic E-state index is 0.761. The van der Waals surface area contributed by atoms with E-state index in [0.717, 1.165) is 40.6 Å². The van der Waals surface area contributed by atoms with E-state index >= 15 is 0 Å². The minimum Gasteiger partial charge on any atom is -0.497 e. The molecule has 1 N–H and O–H groups in total. The highest BCUT2D eigenvalue weighted by Gasteiger charge is 2.14. The number of anilines is 1. The average Bonchev–Trinajstić information content (AvgIpc) is 3.43. The van der Waals surface area contributed by atoms with Gasteiger partial charge < -0.3 is 14.6 Å². The molecule has 0 fully saturated rings. The minimum absolute atomic E-state index is 0.761. The third-order valence-corrected chi connectivity index (χ3v) is 6.15. The Morgan fingerprint density at radius 3 is 2.42 bits per heavy atom. The van der Waals surface area contributed by atoms with Crippen molar-refractivity contribution in [1.82, 2.24) is 9.55 Å². The summed E-state index contributed by atoms with van der Waals surface area (Å²) in [4.78, 5) is 4.87. The lowest BCUT2D eigenvalue weighted by atomic mass is 10.1. The third-order valence-electron chi connectivity index (χ3n) is 5.35. The van der Waals surface area contributed by atoms with Crippen molar-refractivity contribution in [1.29, 1.82) is 0 Å². The van der Waals surface area contributed by atoms with Gasteiger partial charge in [-0.3, -0.25) is 0 Å². The highest BCUT2D eigenvalue weighted by atomic mass is 32.1. The fourth-order valence-electron chi connectivity index (χ4n) is 3.77. The highest BCUT2D eigenvalue weighted by molar-refractivity contribution is 7.14. The van der Waals surface area contributed by atoms with E-state index in [4.69, 9.17) is 9.72 Å². The van der Waals surface area contributed by atoms with E-state index in [1.54, 1.807) is 18.4 Å². The Labute approximate surface area is 185 Å². The molecule has 31 heavy (non-hydrogen) atoms. The summed E-state index contributed by atoms with van der Waals surface area (Å²) in [5.41, 5.74) is 5.78. The van der Waals surface area contributed by atoms with Crippen LogP contribution < -0.4 is 10.1 Å². The van der Waals surface area contributed by atoms with E-state index < -0.39 is 0 Å². The lowest BCUT2D eigenvalue weighted by Crippen LogP contribution is -1.98. The summed E-state index contributed by atoms with van der Waals surface area (Å²) in [7, 11) is 1.70. The lowest BCUT2D eigenvalue weighted by molar-refractivity contribution is 0.415. The Morgan fingerprint density at radius 1 is 0.935 bits per heavy atom. The predicted molar refractivity (Wildman–Crippen MR) is 129 cm³/mol. The second-order valence-electron chi connectivity index (χ2n) is 7.42. The van der Waals surface area contributed by atoms with Crippen LogP contribution in [-0.4, -0.2) is 16.7 Å². The molecule has 0 atom stereocenters. The number of hydrogen-bond donors (Lipinski definition) is 1. The zero-order valence-electron chi connectivity index (χ0n) is 17.3. The van der Waals surface area contributed by atoms with Crippen LogP contribution in [-0.2, 0) is 13.1 Å². The molecule has 0 amide bonds. The molecule has 5 heteroatoms. The van der Waals surface area contributed by atoms with Crippen molar-refractivity contribution in [2.75, 3.05) is 12.4 Å². The normalized spacial score (nSPS) is 11.0. The molecule has 5 rings (SSSR count). The van der Waals surface area contributed by atoms with Gasteiger partial charge in [-0.15, -0.1) is 11.3 Å². The second-order valence-corrected chi connectivity index (χ2v) is 8.27. The molecule has 2 heterocycles. The summed E-state index contributed by atoms with van der Waals surface area (Å²) in [5, 5.41) is 7.63. The van der Waals surface area contributed by atoms with Crippen LogP contribution in [0.15, 0.2) is 90.4 Å². The van der Waals surface area contributed by atoms with E-state index in [1.165, 1.54) is 16.6 Å². The van der Waals surface area contributed by atoms with Gasteiger partial charge in [0, 0.05) is 41.1 Å². The van der Waals surface area contributed by atoms with Crippen molar-refractivity contribution in [3.63, 3.8) is 0 Å². The van der Waals surface area contributed by atoms with Crippen LogP contribution in [0.3, 0.4) is 0 Å². The number of rotatable bonds is 7. The zero-order chi connectivity index (χ0) is 21.0. The molecule has 0 unspecified atom stereocenters. The van der Waals surface area contributed by atoms with Crippen LogP contribution in [0.5, 0.6) is 5.75 Å². The molecule has 0 radical (unpaired) electrons. The number of thiazole rings is 1. The van der Waals surface area contributed by atoms with Gasteiger partial charge in [0.15, 0.2) is 5.13 Å². The van der Waals surface area contributed by atoms with E-state index in [2.05, 4.69) is 82.1 Å². The van der Waals surface area contributed by atoms with Crippen LogP contribution in [0, 0.1) is 0 Å². The van der Waals surface area contributed by atoms with Gasteiger partial charge in [0.1, 0.15) is 5.75 Å². The van der Waals surface area contributed by atoms with Crippen LogP contribution in [0.25, 0.3) is 22.2 Å². The molecule has 5 aromatic rings. The van der Waals surface area contributed by atoms with Crippen LogP contribution >= 0.6 is 11.3 Å². The van der Waals surface area contributed by atoms with E-state index in [9.17, 15) is 0 Å². The average molecular weight is 426 g/mol. The van der Waals surface area contributed by atoms with Crippen molar-refractivity contribution in [2.24, 2.45) is 0 Å². The van der Waals surface area contributed by atoms with E-state index in [0.29, 0.717) is 0 Å². The summed E-state index contributed by atoms with van der Waals surface area (Å²) in [6.07, 6.45) is 2.20. The van der Waals surface area contributed by atoms with Crippen molar-refractivity contribution in [2.45, 2.75) is 13.1 Å². The summed E-state index contributed by atoms with van der Waals surface area (Å²) in [5.74, 6) is 0.851. The smallest absolute Gasteiger partial charge is 0.183 e. The topological polar surface area (TPSA) is 39.1 Å². The molecule has 0 aliphatic rings. The van der Waals surface area contributed by atoms with Gasteiger partial charge in [-0.2, -0.15) is 0 Å². The van der Waals surface area contributed by atoms with Gasteiger partial charge in [-0.05, 0) is 29.3 Å². The third kappa shape index (κ3) is 4.18. The van der Waals surface area contributed by atoms with Gasteiger partial charge in [-0.1, -0.05) is 60.7 Å². The van der Waals surface area contributed by atoms with Crippen molar-refractivity contribution in [3.8, 4) is 17.0 Å². The van der Waals surface area contributed by atoms with Crippen molar-refractivity contribution >= 4 is 27.4 Å². The van der Waals surface area contributed by atoms with Crippen LogP contribution in [0.4, 0.5) is 5.13 Å². The van der Waals surface area contributed by atoms with Gasteiger partial charge in [0.25, 0.3) is 0 Å². The van der Waals surface area contributed by atoms with E-state index in [-0.39, 0.29) is 0 Å². The molecule has 4 nitrogen and oxygen atoms in total. The molecule has 0 aliphatic heterocycles. The largest absolute Gasteiger partial charge is 0.497 e. The number of hydrogen-bond acceptors (Lipinski definition) is 4. The highest BCUT2D eigenvalue weighted by Crippen LogP contribution is 2.35. The molecular formula is C26H23N3OS. The number of nitrogens with one attached hydrogen (secondary N) is 1. The first-order chi connectivity index (χ1) is 15.3. The molecule has 0 bridgehead atoms. The standard InChI is InChI=1S/C26H23N3OS/c1-30-21-12-13-25-22(14-21)23(17-29(25)16-20-10-6-3-7-11-20)24-18-31-26(28-24)27-15-19-8-4-2-5-9-19/h2-14,17-18H,15-16H2,1H3,(H,27,28). The van der Waals surface area contributed by atoms with Gasteiger partial charge >= 0.3 is 0 Å². The Morgan fingerprint density at radius 2 is 1.68 bits per heavy atom. The monoisotopic (exact) mass is 425 g/mol. The fraction of sp³-hybridized carbons (Fsp3) is 0.115. The first-order valence-electron chi connectivity index (χ1n) is 10.2. The SMILES string of the molecule is COc1ccc2c(c1)c(-c1csc(NCc3ccccc3)n1)cn2Cc1ccccc1. The maximum absolute atomic E-state index is 5.49. The Hall–Kier alpha value is -3.57. The van der Waals surface area contributed by atoms with Crippen molar-refractivity contribution in [3.05, 3.63) is 102 Å². The number of nitrogens with zero attached hydrogens (tertiary/aromatic N) is 2. The molecule has 0 saturated carbocycles. The van der Waals surface area contributed by atoms with Gasteiger partial charge in [0.2, 0.25) is 0 Å². The first-order valence-corrected chi connectivity index (χ1v) is 11.1. The second kappa shape index (κ2) is 8.66. The van der Waals surface area contributed by atoms with Gasteiger partial charge in [-0.25, -0.2) is 4.98 Å². The number of aromatic nitrogens is 2. The molecule has 0 spiro atoms. The predicted octanol–water partition coefficient (Wildman–Crippen LogP) is 6.43. The van der Waals surface area contributed by atoms with Crippen LogP contribution in [0.2, 0.25) is 0 Å². The first kappa shape index (κ1) is 19.4.